The van der Waals surface area contributed by atoms with Gasteiger partial charge in [0.25, 0.3) is 0 Å². The first-order valence-corrected chi connectivity index (χ1v) is 7.49. The molecule has 1 aromatic heterocycles. The third-order valence-corrected chi connectivity index (χ3v) is 3.89. The predicted molar refractivity (Wildman–Crippen MR) is 82.4 cm³/mol. The van der Waals surface area contributed by atoms with Gasteiger partial charge in [0.05, 0.1) is 17.5 Å². The van der Waals surface area contributed by atoms with Crippen molar-refractivity contribution in [2.75, 3.05) is 0 Å². The van der Waals surface area contributed by atoms with E-state index >= 15 is 0 Å². The fourth-order valence-corrected chi connectivity index (χ4v) is 2.58. The standard InChI is InChI=1S/C15H18Cl2N2O/c1-3-12-9-14(19(4-2)18-12)15(20)8-10-7-11(16)5-6-13(10)17/h5-7,9,15,20H,3-4,8H2,1-2H3. The second-order valence-corrected chi connectivity index (χ2v) is 5.53. The third kappa shape index (κ3) is 3.35. The Bertz CT molecular complexity index is 596. The summed E-state index contributed by atoms with van der Waals surface area (Å²) < 4.78 is 1.84. The lowest BCUT2D eigenvalue weighted by atomic mass is 10.1. The van der Waals surface area contributed by atoms with Crippen LogP contribution in [0, 0.1) is 0 Å². The summed E-state index contributed by atoms with van der Waals surface area (Å²) in [5.74, 6) is 0. The summed E-state index contributed by atoms with van der Waals surface area (Å²) in [6, 6.07) is 7.24. The van der Waals surface area contributed by atoms with E-state index in [0.29, 0.717) is 16.5 Å². The van der Waals surface area contributed by atoms with Crippen LogP contribution in [0.25, 0.3) is 0 Å². The van der Waals surface area contributed by atoms with E-state index < -0.39 is 6.10 Å². The highest BCUT2D eigenvalue weighted by atomic mass is 35.5. The lowest BCUT2D eigenvalue weighted by Gasteiger charge is -2.13. The number of halogens is 2. The van der Waals surface area contributed by atoms with Gasteiger partial charge in [-0.25, -0.2) is 0 Å². The second kappa shape index (κ2) is 6.61. The van der Waals surface area contributed by atoms with Gasteiger partial charge in [-0.2, -0.15) is 5.10 Å². The van der Waals surface area contributed by atoms with E-state index in [1.54, 1.807) is 18.2 Å². The molecule has 20 heavy (non-hydrogen) atoms. The molecule has 5 heteroatoms. The molecule has 1 N–H and O–H groups in total. The molecule has 0 bridgehead atoms. The molecule has 3 nitrogen and oxygen atoms in total. The lowest BCUT2D eigenvalue weighted by Crippen LogP contribution is -2.10. The van der Waals surface area contributed by atoms with E-state index in [0.717, 1.165) is 29.9 Å². The Morgan fingerprint density at radius 2 is 2.00 bits per heavy atom. The summed E-state index contributed by atoms with van der Waals surface area (Å²) >= 11 is 12.1. The van der Waals surface area contributed by atoms with Gasteiger partial charge in [0, 0.05) is 23.0 Å². The summed E-state index contributed by atoms with van der Waals surface area (Å²) in [7, 11) is 0. The van der Waals surface area contributed by atoms with Crippen molar-refractivity contribution in [1.82, 2.24) is 9.78 Å². The molecular weight excluding hydrogens is 295 g/mol. The quantitative estimate of drug-likeness (QED) is 0.904. The van der Waals surface area contributed by atoms with Crippen LogP contribution < -0.4 is 0 Å². The molecule has 0 fully saturated rings. The molecule has 0 amide bonds. The van der Waals surface area contributed by atoms with Crippen LogP contribution in [-0.4, -0.2) is 14.9 Å². The minimum Gasteiger partial charge on any atom is -0.386 e. The molecule has 0 aliphatic heterocycles. The normalized spacial score (nSPS) is 12.7. The van der Waals surface area contributed by atoms with Crippen molar-refractivity contribution in [3.8, 4) is 0 Å². The fraction of sp³-hybridized carbons (Fsp3) is 0.400. The van der Waals surface area contributed by atoms with Crippen LogP contribution in [0.5, 0.6) is 0 Å². The number of aliphatic hydroxyl groups is 1. The number of hydrogen-bond donors (Lipinski definition) is 1. The van der Waals surface area contributed by atoms with Crippen molar-refractivity contribution < 1.29 is 5.11 Å². The van der Waals surface area contributed by atoms with Gasteiger partial charge < -0.3 is 5.11 Å². The van der Waals surface area contributed by atoms with Crippen LogP contribution >= 0.6 is 23.2 Å². The Hall–Kier alpha value is -1.03. The van der Waals surface area contributed by atoms with E-state index in [9.17, 15) is 5.11 Å². The maximum Gasteiger partial charge on any atom is 0.0997 e. The largest absolute Gasteiger partial charge is 0.386 e. The van der Waals surface area contributed by atoms with Gasteiger partial charge in [-0.3, -0.25) is 4.68 Å². The fourth-order valence-electron chi connectivity index (χ4n) is 2.19. The van der Waals surface area contributed by atoms with Crippen molar-refractivity contribution in [2.24, 2.45) is 0 Å². The minimum absolute atomic E-state index is 0.425. The molecule has 1 unspecified atom stereocenters. The average Bonchev–Trinajstić information content (AvgIpc) is 2.86. The van der Waals surface area contributed by atoms with Crippen LogP contribution in [0.15, 0.2) is 24.3 Å². The highest BCUT2D eigenvalue weighted by Crippen LogP contribution is 2.26. The number of aryl methyl sites for hydroxylation is 2. The second-order valence-electron chi connectivity index (χ2n) is 4.69. The van der Waals surface area contributed by atoms with E-state index in [1.165, 1.54) is 0 Å². The molecule has 1 atom stereocenters. The van der Waals surface area contributed by atoms with E-state index in [1.807, 2.05) is 24.6 Å². The first-order valence-electron chi connectivity index (χ1n) is 6.73. The average molecular weight is 313 g/mol. The molecule has 0 radical (unpaired) electrons. The van der Waals surface area contributed by atoms with Crippen LogP contribution in [-0.2, 0) is 19.4 Å². The Morgan fingerprint density at radius 1 is 1.25 bits per heavy atom. The molecule has 0 aliphatic rings. The number of aromatic nitrogens is 2. The van der Waals surface area contributed by atoms with Crippen molar-refractivity contribution in [3.63, 3.8) is 0 Å². The zero-order valence-corrected chi connectivity index (χ0v) is 13.1. The van der Waals surface area contributed by atoms with Gasteiger partial charge in [-0.15, -0.1) is 0 Å². The van der Waals surface area contributed by atoms with Crippen LogP contribution in [0.4, 0.5) is 0 Å². The number of aliphatic hydroxyl groups excluding tert-OH is 1. The number of rotatable bonds is 5. The Balaban J connectivity index is 2.25. The van der Waals surface area contributed by atoms with Gasteiger partial charge in [0.1, 0.15) is 0 Å². The molecule has 2 rings (SSSR count). The van der Waals surface area contributed by atoms with Crippen LogP contribution in [0.1, 0.15) is 36.9 Å². The molecule has 0 saturated heterocycles. The topological polar surface area (TPSA) is 38.0 Å². The summed E-state index contributed by atoms with van der Waals surface area (Å²) in [5.41, 5.74) is 2.65. The maximum absolute atomic E-state index is 10.4. The Kier molecular flexibility index (Phi) is 5.08. The van der Waals surface area contributed by atoms with Crippen molar-refractivity contribution >= 4 is 23.2 Å². The summed E-state index contributed by atoms with van der Waals surface area (Å²) in [6.07, 6.45) is 0.637. The minimum atomic E-state index is -0.640. The van der Waals surface area contributed by atoms with Gasteiger partial charge >= 0.3 is 0 Å². The Morgan fingerprint density at radius 3 is 2.65 bits per heavy atom. The predicted octanol–water partition coefficient (Wildman–Crippen LogP) is 4.05. The lowest BCUT2D eigenvalue weighted by molar-refractivity contribution is 0.167. The summed E-state index contributed by atoms with van der Waals surface area (Å²) in [5, 5.41) is 16.1. The van der Waals surface area contributed by atoms with Crippen molar-refractivity contribution in [2.45, 2.75) is 39.3 Å². The molecule has 1 heterocycles. The molecule has 0 aliphatic carbocycles. The van der Waals surface area contributed by atoms with E-state index in [-0.39, 0.29) is 0 Å². The zero-order valence-electron chi connectivity index (χ0n) is 11.6. The van der Waals surface area contributed by atoms with Crippen LogP contribution in [0.2, 0.25) is 10.0 Å². The van der Waals surface area contributed by atoms with Crippen LogP contribution in [0.3, 0.4) is 0 Å². The number of benzene rings is 1. The van der Waals surface area contributed by atoms with Crippen molar-refractivity contribution in [3.05, 3.63) is 51.3 Å². The number of hydrogen-bond acceptors (Lipinski definition) is 2. The van der Waals surface area contributed by atoms with Gasteiger partial charge in [0.2, 0.25) is 0 Å². The zero-order chi connectivity index (χ0) is 14.7. The SMILES string of the molecule is CCc1cc(C(O)Cc2cc(Cl)ccc2Cl)n(CC)n1. The molecule has 0 spiro atoms. The smallest absolute Gasteiger partial charge is 0.0997 e. The first-order chi connectivity index (χ1) is 9.55. The highest BCUT2D eigenvalue weighted by molar-refractivity contribution is 6.33. The molecular formula is C15H18Cl2N2O. The van der Waals surface area contributed by atoms with Gasteiger partial charge in [0.15, 0.2) is 0 Å². The van der Waals surface area contributed by atoms with Gasteiger partial charge in [-0.1, -0.05) is 30.1 Å². The molecule has 0 saturated carbocycles. The van der Waals surface area contributed by atoms with Crippen molar-refractivity contribution in [1.29, 1.82) is 0 Å². The maximum atomic E-state index is 10.4. The summed E-state index contributed by atoms with van der Waals surface area (Å²) in [4.78, 5) is 0. The molecule has 108 valence electrons. The monoisotopic (exact) mass is 312 g/mol. The highest BCUT2D eigenvalue weighted by Gasteiger charge is 2.17. The number of nitrogens with zero attached hydrogens (tertiary/aromatic N) is 2. The molecule has 2 aromatic rings. The Labute approximate surface area is 129 Å². The van der Waals surface area contributed by atoms with Gasteiger partial charge in [-0.05, 0) is 43.2 Å². The first kappa shape index (κ1) is 15.4. The summed E-state index contributed by atoms with van der Waals surface area (Å²) in [6.45, 7) is 4.79. The van der Waals surface area contributed by atoms with E-state index in [2.05, 4.69) is 5.10 Å². The third-order valence-electron chi connectivity index (χ3n) is 3.29. The van der Waals surface area contributed by atoms with E-state index in [4.69, 9.17) is 23.2 Å². The molecule has 1 aromatic carbocycles.